The summed E-state index contributed by atoms with van der Waals surface area (Å²) in [5.41, 5.74) is 9.25. The van der Waals surface area contributed by atoms with Crippen molar-refractivity contribution in [1.82, 2.24) is 20.0 Å². The molecular weight excluding hydrogens is 432 g/mol. The molecule has 9 heteroatoms. The maximum atomic E-state index is 13.4. The number of rotatable bonds is 5. The van der Waals surface area contributed by atoms with Crippen LogP contribution >= 0.6 is 0 Å². The summed E-state index contributed by atoms with van der Waals surface area (Å²) in [6.45, 7) is 1.07. The Morgan fingerprint density at radius 1 is 1.26 bits per heavy atom. The fourth-order valence-electron chi connectivity index (χ4n) is 6.88. The first-order chi connectivity index (χ1) is 16.4. The monoisotopic (exact) mass is 462 g/mol. The molecule has 3 aliphatic heterocycles. The maximum Gasteiger partial charge on any atom is 0.251 e. The standard InChI is InChI=1S/C25H30N6O3/c1-28-23(32)14-2-4-18-13(6-14)3-5-20(18)31-17-9-22(25(31)34)29(11-17)12-19(27)24(33)30-16(10-26)7-15-8-21(15)30/h2,4,6,15-17,19-22H,3,5,7-9,11-12,27H2,1H3,(H,28,32)/t15-,16+,17+,19+,20+,21?,22+/m1/s1. The van der Waals surface area contributed by atoms with Crippen LogP contribution in [0, 0.1) is 17.2 Å². The minimum absolute atomic E-state index is 0.0430. The topological polar surface area (TPSA) is 123 Å². The van der Waals surface area contributed by atoms with E-state index in [2.05, 4.69) is 16.3 Å². The van der Waals surface area contributed by atoms with Gasteiger partial charge >= 0.3 is 0 Å². The third kappa shape index (κ3) is 3.16. The van der Waals surface area contributed by atoms with Crippen LogP contribution in [0.5, 0.6) is 0 Å². The number of piperidine rings is 1. The zero-order valence-corrected chi connectivity index (χ0v) is 19.3. The van der Waals surface area contributed by atoms with Crippen molar-refractivity contribution in [1.29, 1.82) is 5.26 Å². The van der Waals surface area contributed by atoms with E-state index in [4.69, 9.17) is 5.73 Å². The number of hydrogen-bond donors (Lipinski definition) is 2. The molecule has 0 radical (unpaired) electrons. The largest absolute Gasteiger partial charge is 0.355 e. The molecule has 2 bridgehead atoms. The number of benzene rings is 1. The van der Waals surface area contributed by atoms with Crippen molar-refractivity contribution in [3.05, 3.63) is 34.9 Å². The summed E-state index contributed by atoms with van der Waals surface area (Å²) in [6, 6.07) is 7.05. The third-order valence-electron chi connectivity index (χ3n) is 8.58. The second-order valence-electron chi connectivity index (χ2n) is 10.4. The average molecular weight is 463 g/mol. The Morgan fingerprint density at radius 3 is 2.82 bits per heavy atom. The lowest BCUT2D eigenvalue weighted by Gasteiger charge is -2.38. The second-order valence-corrected chi connectivity index (χ2v) is 10.4. The molecule has 0 spiro atoms. The van der Waals surface area contributed by atoms with Gasteiger partial charge in [0.15, 0.2) is 0 Å². The van der Waals surface area contributed by atoms with E-state index in [-0.39, 0.29) is 47.9 Å². The van der Waals surface area contributed by atoms with E-state index in [0.717, 1.165) is 43.2 Å². The Hall–Kier alpha value is -2.96. The molecule has 5 aliphatic rings. The van der Waals surface area contributed by atoms with Crippen LogP contribution in [0.3, 0.4) is 0 Å². The van der Waals surface area contributed by atoms with Crippen molar-refractivity contribution >= 4 is 17.7 Å². The Labute approximate surface area is 198 Å². The quantitative estimate of drug-likeness (QED) is 0.643. The van der Waals surface area contributed by atoms with Crippen molar-refractivity contribution in [3.63, 3.8) is 0 Å². The lowest BCUT2D eigenvalue weighted by Crippen LogP contribution is -2.57. The Kier molecular flexibility index (Phi) is 4.94. The van der Waals surface area contributed by atoms with Crippen LogP contribution in [-0.2, 0) is 16.0 Å². The molecular formula is C25H30N6O3. The summed E-state index contributed by atoms with van der Waals surface area (Å²) >= 11 is 0. The third-order valence-corrected chi connectivity index (χ3v) is 8.58. The fourth-order valence-corrected chi connectivity index (χ4v) is 6.88. The molecule has 3 saturated heterocycles. The molecule has 34 heavy (non-hydrogen) atoms. The molecule has 0 aromatic heterocycles. The van der Waals surface area contributed by atoms with Gasteiger partial charge in [-0.05, 0) is 61.3 Å². The van der Waals surface area contributed by atoms with E-state index in [1.165, 1.54) is 0 Å². The van der Waals surface area contributed by atoms with Crippen LogP contribution in [0.15, 0.2) is 18.2 Å². The molecule has 2 aliphatic carbocycles. The van der Waals surface area contributed by atoms with Crippen molar-refractivity contribution in [3.8, 4) is 6.07 Å². The lowest BCUT2D eigenvalue weighted by atomic mass is 10.0. The molecule has 3 amide bonds. The number of hydrogen-bond acceptors (Lipinski definition) is 6. The van der Waals surface area contributed by atoms with Gasteiger partial charge in [0.25, 0.3) is 5.91 Å². The highest BCUT2D eigenvalue weighted by molar-refractivity contribution is 5.94. The summed E-state index contributed by atoms with van der Waals surface area (Å²) in [6.07, 6.45) is 4.22. The highest BCUT2D eigenvalue weighted by Crippen LogP contribution is 2.48. The van der Waals surface area contributed by atoms with Gasteiger partial charge < -0.3 is 20.9 Å². The van der Waals surface area contributed by atoms with Gasteiger partial charge in [0, 0.05) is 37.8 Å². The first-order valence-corrected chi connectivity index (χ1v) is 12.3. The van der Waals surface area contributed by atoms with E-state index in [0.29, 0.717) is 24.6 Å². The minimum atomic E-state index is -0.717. The SMILES string of the molecule is CNC(=O)c1ccc2c(c1)CC[C@@H]2N1C(=O)[C@@H]2C[C@H]1CN2C[C@H](N)C(=O)N1C2C[C@H]2C[C@H]1C#N. The van der Waals surface area contributed by atoms with Crippen LogP contribution in [0.25, 0.3) is 0 Å². The van der Waals surface area contributed by atoms with Crippen molar-refractivity contribution in [2.45, 2.75) is 68.4 Å². The number of carbonyl (C=O) groups excluding carboxylic acids is 3. The van der Waals surface area contributed by atoms with Crippen LogP contribution in [0.2, 0.25) is 0 Å². The number of carbonyl (C=O) groups is 3. The molecule has 1 unspecified atom stereocenters. The number of nitriles is 1. The molecule has 3 heterocycles. The number of nitrogens with one attached hydrogen (secondary N) is 1. The molecule has 1 aromatic carbocycles. The summed E-state index contributed by atoms with van der Waals surface area (Å²) in [4.78, 5) is 44.2. The Morgan fingerprint density at radius 2 is 2.09 bits per heavy atom. The first-order valence-electron chi connectivity index (χ1n) is 12.3. The van der Waals surface area contributed by atoms with Crippen molar-refractivity contribution < 1.29 is 14.4 Å². The molecule has 1 aromatic rings. The van der Waals surface area contributed by atoms with Crippen molar-refractivity contribution in [2.75, 3.05) is 20.1 Å². The number of aryl methyl sites for hydroxylation is 1. The summed E-state index contributed by atoms with van der Waals surface area (Å²) in [5.74, 6) is 0.319. The first kappa shape index (κ1) is 21.6. The maximum absolute atomic E-state index is 13.4. The minimum Gasteiger partial charge on any atom is -0.355 e. The van der Waals surface area contributed by atoms with Crippen LogP contribution in [-0.4, -0.2) is 82.8 Å². The van der Waals surface area contributed by atoms with Crippen LogP contribution in [0.4, 0.5) is 0 Å². The molecule has 6 rings (SSSR count). The number of amides is 3. The van der Waals surface area contributed by atoms with Gasteiger partial charge in [-0.2, -0.15) is 5.26 Å². The van der Waals surface area contributed by atoms with Gasteiger partial charge in [-0.25, -0.2) is 0 Å². The van der Waals surface area contributed by atoms with Gasteiger partial charge in [-0.1, -0.05) is 6.07 Å². The Balaban J connectivity index is 1.12. The molecule has 178 valence electrons. The summed E-state index contributed by atoms with van der Waals surface area (Å²) in [7, 11) is 1.62. The predicted octanol–water partition coefficient (Wildman–Crippen LogP) is 0.159. The molecule has 1 saturated carbocycles. The zero-order chi connectivity index (χ0) is 23.7. The van der Waals surface area contributed by atoms with E-state index in [1.807, 2.05) is 23.1 Å². The van der Waals surface area contributed by atoms with E-state index in [9.17, 15) is 19.6 Å². The number of fused-ring (bicyclic) bond motifs is 4. The second kappa shape index (κ2) is 7.79. The zero-order valence-electron chi connectivity index (χ0n) is 19.3. The van der Waals surface area contributed by atoms with Gasteiger partial charge in [-0.3, -0.25) is 19.3 Å². The highest BCUT2D eigenvalue weighted by Gasteiger charge is 2.56. The predicted molar refractivity (Wildman–Crippen MR) is 122 cm³/mol. The van der Waals surface area contributed by atoms with Gasteiger partial charge in [0.1, 0.15) is 6.04 Å². The number of likely N-dealkylation sites (tertiary alicyclic amines) is 3. The van der Waals surface area contributed by atoms with Crippen LogP contribution < -0.4 is 11.1 Å². The molecule has 3 N–H and O–H groups in total. The normalized spacial score (nSPS) is 34.1. The van der Waals surface area contributed by atoms with E-state index < -0.39 is 6.04 Å². The highest BCUT2D eigenvalue weighted by atomic mass is 16.2. The smallest absolute Gasteiger partial charge is 0.251 e. The number of nitrogens with zero attached hydrogens (tertiary/aromatic N) is 4. The van der Waals surface area contributed by atoms with E-state index in [1.54, 1.807) is 11.9 Å². The van der Waals surface area contributed by atoms with Gasteiger partial charge in [-0.15, -0.1) is 0 Å². The van der Waals surface area contributed by atoms with Crippen molar-refractivity contribution in [2.24, 2.45) is 11.7 Å². The molecule has 4 fully saturated rings. The molecule has 9 nitrogen and oxygen atoms in total. The van der Waals surface area contributed by atoms with Gasteiger partial charge in [0.2, 0.25) is 11.8 Å². The van der Waals surface area contributed by atoms with Gasteiger partial charge in [0.05, 0.1) is 24.2 Å². The summed E-state index contributed by atoms with van der Waals surface area (Å²) in [5, 5.41) is 12.1. The number of nitrogens with two attached hydrogens (primary N) is 1. The Bertz CT molecular complexity index is 1110. The average Bonchev–Trinajstić information content (AvgIpc) is 3.18. The molecule has 7 atom stereocenters. The van der Waals surface area contributed by atoms with Crippen LogP contribution in [0.1, 0.15) is 53.2 Å². The van der Waals surface area contributed by atoms with E-state index >= 15 is 0 Å². The summed E-state index contributed by atoms with van der Waals surface area (Å²) < 4.78 is 0. The fraction of sp³-hybridized carbons (Fsp3) is 0.600. The lowest BCUT2D eigenvalue weighted by molar-refractivity contribution is -0.141. The number of piperazine rings is 1.